The zero-order chi connectivity index (χ0) is 12.8. The van der Waals surface area contributed by atoms with Gasteiger partial charge in [0.25, 0.3) is 0 Å². The van der Waals surface area contributed by atoms with Crippen LogP contribution in [0.25, 0.3) is 0 Å². The lowest BCUT2D eigenvalue weighted by molar-refractivity contribution is 0.0973. The zero-order valence-electron chi connectivity index (χ0n) is 12.0. The summed E-state index contributed by atoms with van der Waals surface area (Å²) in [5.74, 6) is 0.867. The number of rotatable bonds is 3. The fourth-order valence-corrected chi connectivity index (χ4v) is 4.49. The van der Waals surface area contributed by atoms with Crippen LogP contribution in [0.5, 0.6) is 0 Å². The monoisotopic (exact) mass is 249 g/mol. The molecule has 0 aliphatic heterocycles. The lowest BCUT2D eigenvalue weighted by Gasteiger charge is -2.44. The highest BCUT2D eigenvalue weighted by atomic mass is 14.7. The third kappa shape index (κ3) is 2.99. The number of hydrogen-bond acceptors (Lipinski definition) is 1. The minimum atomic E-state index is 0.221. The van der Waals surface area contributed by atoms with E-state index in [0.717, 1.165) is 5.92 Å². The predicted octanol–water partition coefficient (Wildman–Crippen LogP) is 4.81. The summed E-state index contributed by atoms with van der Waals surface area (Å²) in [6.45, 7) is 4.00. The molecular formula is C17H31N. The van der Waals surface area contributed by atoms with Crippen molar-refractivity contribution in [3.8, 4) is 0 Å². The standard InChI is InChI=1S/C17H31N/c1-2-16(18)17(13-9-5-6-10-14-17)15-11-7-3-4-8-12-15/h2,15-16H,1,3-14,18H2. The summed E-state index contributed by atoms with van der Waals surface area (Å²) in [7, 11) is 0. The molecular weight excluding hydrogens is 218 g/mol. The highest BCUT2D eigenvalue weighted by Gasteiger charge is 2.42. The first-order valence-electron chi connectivity index (χ1n) is 8.18. The molecule has 2 aliphatic carbocycles. The summed E-state index contributed by atoms with van der Waals surface area (Å²) in [6, 6.07) is 0.221. The van der Waals surface area contributed by atoms with E-state index in [4.69, 9.17) is 5.73 Å². The van der Waals surface area contributed by atoms with Crippen molar-refractivity contribution in [3.63, 3.8) is 0 Å². The molecule has 2 aliphatic rings. The molecule has 2 N–H and O–H groups in total. The maximum Gasteiger partial charge on any atom is 0.0281 e. The van der Waals surface area contributed by atoms with Crippen LogP contribution in [-0.4, -0.2) is 6.04 Å². The van der Waals surface area contributed by atoms with Crippen LogP contribution in [0.4, 0.5) is 0 Å². The number of hydrogen-bond donors (Lipinski definition) is 1. The molecule has 0 amide bonds. The van der Waals surface area contributed by atoms with Gasteiger partial charge in [-0.15, -0.1) is 6.58 Å². The van der Waals surface area contributed by atoms with Crippen LogP contribution >= 0.6 is 0 Å². The Hall–Kier alpha value is -0.300. The maximum absolute atomic E-state index is 6.52. The van der Waals surface area contributed by atoms with Gasteiger partial charge in [-0.2, -0.15) is 0 Å². The Balaban J connectivity index is 2.18. The Kier molecular flexibility index (Phi) is 5.29. The van der Waals surface area contributed by atoms with Gasteiger partial charge in [0.05, 0.1) is 0 Å². The minimum Gasteiger partial charge on any atom is -0.324 e. The van der Waals surface area contributed by atoms with E-state index in [9.17, 15) is 0 Å². The largest absolute Gasteiger partial charge is 0.324 e. The highest BCUT2D eigenvalue weighted by molar-refractivity contribution is 5.03. The van der Waals surface area contributed by atoms with E-state index in [0.29, 0.717) is 5.41 Å². The van der Waals surface area contributed by atoms with E-state index >= 15 is 0 Å². The Labute approximate surface area is 113 Å². The van der Waals surface area contributed by atoms with E-state index in [1.54, 1.807) is 0 Å². The molecule has 2 rings (SSSR count). The highest BCUT2D eigenvalue weighted by Crippen LogP contribution is 2.48. The van der Waals surface area contributed by atoms with Gasteiger partial charge in [-0.25, -0.2) is 0 Å². The Morgan fingerprint density at radius 3 is 1.89 bits per heavy atom. The van der Waals surface area contributed by atoms with Gasteiger partial charge in [0.2, 0.25) is 0 Å². The van der Waals surface area contributed by atoms with E-state index < -0.39 is 0 Å². The van der Waals surface area contributed by atoms with Gasteiger partial charge in [0.1, 0.15) is 0 Å². The van der Waals surface area contributed by atoms with Crippen molar-refractivity contribution in [3.05, 3.63) is 12.7 Å². The van der Waals surface area contributed by atoms with Crippen molar-refractivity contribution < 1.29 is 0 Å². The molecule has 1 nitrogen and oxygen atoms in total. The molecule has 0 radical (unpaired) electrons. The van der Waals surface area contributed by atoms with Gasteiger partial charge < -0.3 is 5.73 Å². The zero-order valence-corrected chi connectivity index (χ0v) is 12.0. The van der Waals surface area contributed by atoms with E-state index in [1.807, 2.05) is 6.08 Å². The van der Waals surface area contributed by atoms with E-state index in [1.165, 1.54) is 77.0 Å². The van der Waals surface area contributed by atoms with Crippen molar-refractivity contribution in [2.75, 3.05) is 0 Å². The summed E-state index contributed by atoms with van der Waals surface area (Å²) in [6.07, 6.45) is 18.9. The third-order valence-electron chi connectivity index (χ3n) is 5.62. The van der Waals surface area contributed by atoms with Crippen LogP contribution in [0.1, 0.15) is 77.0 Å². The summed E-state index contributed by atoms with van der Waals surface area (Å²) in [5, 5.41) is 0. The van der Waals surface area contributed by atoms with E-state index in [2.05, 4.69) is 6.58 Å². The molecule has 0 spiro atoms. The molecule has 1 atom stereocenters. The van der Waals surface area contributed by atoms with Crippen molar-refractivity contribution >= 4 is 0 Å². The fourth-order valence-electron chi connectivity index (χ4n) is 4.49. The fraction of sp³-hybridized carbons (Fsp3) is 0.882. The van der Waals surface area contributed by atoms with Crippen LogP contribution in [-0.2, 0) is 0 Å². The summed E-state index contributed by atoms with van der Waals surface area (Å²) >= 11 is 0. The molecule has 18 heavy (non-hydrogen) atoms. The Morgan fingerprint density at radius 2 is 1.39 bits per heavy atom. The molecule has 0 aromatic rings. The van der Waals surface area contributed by atoms with Gasteiger partial charge in [0, 0.05) is 6.04 Å². The van der Waals surface area contributed by atoms with Crippen LogP contribution in [0.15, 0.2) is 12.7 Å². The topological polar surface area (TPSA) is 26.0 Å². The van der Waals surface area contributed by atoms with Gasteiger partial charge in [0.15, 0.2) is 0 Å². The van der Waals surface area contributed by atoms with Crippen LogP contribution in [0.2, 0.25) is 0 Å². The molecule has 0 bridgehead atoms. The second-order valence-electron chi connectivity index (χ2n) is 6.60. The smallest absolute Gasteiger partial charge is 0.0281 e. The van der Waals surface area contributed by atoms with Crippen molar-refractivity contribution in [1.82, 2.24) is 0 Å². The van der Waals surface area contributed by atoms with Crippen molar-refractivity contribution in [2.24, 2.45) is 17.1 Å². The van der Waals surface area contributed by atoms with Crippen molar-refractivity contribution in [2.45, 2.75) is 83.1 Å². The quantitative estimate of drug-likeness (QED) is 0.563. The van der Waals surface area contributed by atoms with E-state index in [-0.39, 0.29) is 6.04 Å². The Bertz CT molecular complexity index is 242. The molecule has 104 valence electrons. The van der Waals surface area contributed by atoms with Gasteiger partial charge in [-0.05, 0) is 37.0 Å². The first kappa shape index (κ1) is 14.1. The second kappa shape index (κ2) is 6.75. The van der Waals surface area contributed by atoms with Gasteiger partial charge >= 0.3 is 0 Å². The van der Waals surface area contributed by atoms with Crippen LogP contribution in [0, 0.1) is 11.3 Å². The molecule has 0 aromatic carbocycles. The van der Waals surface area contributed by atoms with Crippen molar-refractivity contribution in [1.29, 1.82) is 0 Å². The van der Waals surface area contributed by atoms with Gasteiger partial charge in [-0.3, -0.25) is 0 Å². The third-order valence-corrected chi connectivity index (χ3v) is 5.62. The first-order valence-corrected chi connectivity index (χ1v) is 8.18. The predicted molar refractivity (Wildman–Crippen MR) is 79.5 cm³/mol. The molecule has 2 saturated carbocycles. The molecule has 1 unspecified atom stereocenters. The first-order chi connectivity index (χ1) is 8.79. The van der Waals surface area contributed by atoms with Crippen LogP contribution in [0.3, 0.4) is 0 Å². The molecule has 0 heterocycles. The normalized spacial score (nSPS) is 28.1. The van der Waals surface area contributed by atoms with Gasteiger partial charge in [-0.1, -0.05) is 57.4 Å². The van der Waals surface area contributed by atoms with Crippen LogP contribution < -0.4 is 5.73 Å². The molecule has 0 saturated heterocycles. The average molecular weight is 249 g/mol. The second-order valence-corrected chi connectivity index (χ2v) is 6.60. The summed E-state index contributed by atoms with van der Waals surface area (Å²) < 4.78 is 0. The minimum absolute atomic E-state index is 0.221. The average Bonchev–Trinajstić information content (AvgIpc) is 2.80. The molecule has 0 aromatic heterocycles. The number of nitrogens with two attached hydrogens (primary N) is 1. The summed E-state index contributed by atoms with van der Waals surface area (Å²) in [5.41, 5.74) is 6.91. The molecule has 2 fully saturated rings. The Morgan fingerprint density at radius 1 is 0.889 bits per heavy atom. The maximum atomic E-state index is 6.52. The SMILES string of the molecule is C=CC(N)C1(C2CCCCCC2)CCCCCC1. The lowest BCUT2D eigenvalue weighted by atomic mass is 9.63. The summed E-state index contributed by atoms with van der Waals surface area (Å²) in [4.78, 5) is 0. The molecule has 1 heteroatoms. The lowest BCUT2D eigenvalue weighted by Crippen LogP contribution is -2.45.